The number of halogens is 1. The third kappa shape index (κ3) is 4.96. The van der Waals surface area contributed by atoms with E-state index in [1.807, 2.05) is 0 Å². The van der Waals surface area contributed by atoms with E-state index in [0.29, 0.717) is 18.1 Å². The van der Waals surface area contributed by atoms with Crippen LogP contribution in [-0.4, -0.2) is 32.7 Å². The number of hydrogen-bond acceptors (Lipinski definition) is 4. The number of rotatable bonds is 5. The molecule has 0 bridgehead atoms. The molecule has 0 radical (unpaired) electrons. The van der Waals surface area contributed by atoms with Gasteiger partial charge in [-0.15, -0.1) is 0 Å². The van der Waals surface area contributed by atoms with Crippen LogP contribution < -0.4 is 10.0 Å². The van der Waals surface area contributed by atoms with Crippen LogP contribution in [0.15, 0.2) is 18.5 Å². The largest absolute Gasteiger partial charge is 0.382 e. The maximum atomic E-state index is 10.7. The van der Waals surface area contributed by atoms with Crippen molar-refractivity contribution in [2.75, 3.05) is 24.7 Å². The summed E-state index contributed by atoms with van der Waals surface area (Å²) >= 11 is 5.83. The van der Waals surface area contributed by atoms with Gasteiger partial charge < -0.3 is 5.32 Å². The van der Waals surface area contributed by atoms with Gasteiger partial charge in [0.25, 0.3) is 0 Å². The molecule has 1 aromatic heterocycles. The van der Waals surface area contributed by atoms with Gasteiger partial charge in [-0.3, -0.25) is 4.98 Å². The molecule has 0 aromatic carbocycles. The molecule has 0 aliphatic carbocycles. The Morgan fingerprint density at radius 1 is 1.47 bits per heavy atom. The Bertz CT molecular complexity index is 422. The molecule has 2 N–H and O–H groups in total. The van der Waals surface area contributed by atoms with E-state index in [1.165, 1.54) is 6.20 Å². The standard InChI is InChI=1S/C8H12ClN3O2S/c1-15(13,14)12-5-4-11-8-2-3-10-6-7(8)9/h2-3,6,12H,4-5H2,1H3,(H,10,11). The van der Waals surface area contributed by atoms with Crippen LogP contribution >= 0.6 is 11.6 Å². The van der Waals surface area contributed by atoms with Gasteiger partial charge in [0.1, 0.15) is 0 Å². The molecule has 0 unspecified atom stereocenters. The second-order valence-electron chi connectivity index (χ2n) is 2.95. The molecule has 7 heteroatoms. The Morgan fingerprint density at radius 2 is 2.20 bits per heavy atom. The van der Waals surface area contributed by atoms with E-state index in [-0.39, 0.29) is 0 Å². The van der Waals surface area contributed by atoms with Gasteiger partial charge in [-0.2, -0.15) is 0 Å². The summed E-state index contributed by atoms with van der Waals surface area (Å²) in [5, 5.41) is 3.50. The molecule has 5 nitrogen and oxygen atoms in total. The van der Waals surface area contributed by atoms with Crippen molar-refractivity contribution in [3.63, 3.8) is 0 Å². The van der Waals surface area contributed by atoms with Gasteiger partial charge in [-0.25, -0.2) is 13.1 Å². The average Bonchev–Trinajstić information content (AvgIpc) is 2.13. The summed E-state index contributed by atoms with van der Waals surface area (Å²) in [5.74, 6) is 0. The third-order valence-electron chi connectivity index (χ3n) is 1.58. The topological polar surface area (TPSA) is 71.1 Å². The van der Waals surface area contributed by atoms with Crippen LogP contribution in [0.4, 0.5) is 5.69 Å². The Labute approximate surface area is 93.9 Å². The monoisotopic (exact) mass is 249 g/mol. The van der Waals surface area contributed by atoms with E-state index in [1.54, 1.807) is 12.3 Å². The third-order valence-corrected chi connectivity index (χ3v) is 2.61. The lowest BCUT2D eigenvalue weighted by Crippen LogP contribution is -2.27. The Hall–Kier alpha value is -0.850. The van der Waals surface area contributed by atoms with E-state index in [0.717, 1.165) is 11.9 Å². The Morgan fingerprint density at radius 3 is 2.80 bits per heavy atom. The molecule has 0 fully saturated rings. The summed E-state index contributed by atoms with van der Waals surface area (Å²) in [6.07, 6.45) is 4.25. The molecule has 15 heavy (non-hydrogen) atoms. The number of sulfonamides is 1. The van der Waals surface area contributed by atoms with Crippen LogP contribution in [-0.2, 0) is 10.0 Å². The predicted molar refractivity (Wildman–Crippen MR) is 60.6 cm³/mol. The second-order valence-corrected chi connectivity index (χ2v) is 5.19. The fraction of sp³-hybridized carbons (Fsp3) is 0.375. The zero-order chi connectivity index (χ0) is 11.3. The average molecular weight is 250 g/mol. The molecular weight excluding hydrogens is 238 g/mol. The summed E-state index contributed by atoms with van der Waals surface area (Å²) < 4.78 is 23.8. The van der Waals surface area contributed by atoms with Gasteiger partial charge >= 0.3 is 0 Å². The van der Waals surface area contributed by atoms with E-state index in [9.17, 15) is 8.42 Å². The Balaban J connectivity index is 2.36. The molecule has 1 rings (SSSR count). The van der Waals surface area contributed by atoms with Crippen molar-refractivity contribution in [3.8, 4) is 0 Å². The molecule has 0 aliphatic heterocycles. The molecule has 0 aliphatic rings. The van der Waals surface area contributed by atoms with Crippen molar-refractivity contribution in [3.05, 3.63) is 23.5 Å². The van der Waals surface area contributed by atoms with Gasteiger partial charge in [0, 0.05) is 25.5 Å². The highest BCUT2D eigenvalue weighted by Gasteiger charge is 2.00. The molecule has 1 heterocycles. The van der Waals surface area contributed by atoms with Crippen molar-refractivity contribution in [2.24, 2.45) is 0 Å². The first-order valence-corrected chi connectivity index (χ1v) is 6.54. The number of nitrogens with one attached hydrogen (secondary N) is 2. The normalized spacial score (nSPS) is 11.3. The van der Waals surface area contributed by atoms with Crippen LogP contribution in [0, 0.1) is 0 Å². The summed E-state index contributed by atoms with van der Waals surface area (Å²) in [7, 11) is -3.12. The van der Waals surface area contributed by atoms with E-state index in [2.05, 4.69) is 15.0 Å². The van der Waals surface area contributed by atoms with Crippen molar-refractivity contribution in [2.45, 2.75) is 0 Å². The molecule has 0 atom stereocenters. The minimum absolute atomic E-state index is 0.317. The number of aromatic nitrogens is 1. The second kappa shape index (κ2) is 5.29. The van der Waals surface area contributed by atoms with Crippen molar-refractivity contribution < 1.29 is 8.42 Å². The van der Waals surface area contributed by atoms with Gasteiger partial charge in [-0.1, -0.05) is 11.6 Å². The predicted octanol–water partition coefficient (Wildman–Crippen LogP) is 0.696. The molecular formula is C8H12ClN3O2S. The zero-order valence-electron chi connectivity index (χ0n) is 8.20. The molecule has 0 saturated heterocycles. The highest BCUT2D eigenvalue weighted by molar-refractivity contribution is 7.88. The minimum atomic E-state index is -3.12. The van der Waals surface area contributed by atoms with Crippen molar-refractivity contribution >= 4 is 27.3 Å². The summed E-state index contributed by atoms with van der Waals surface area (Å²) in [6.45, 7) is 0.786. The van der Waals surface area contributed by atoms with Crippen LogP contribution in [0.1, 0.15) is 0 Å². The first-order valence-electron chi connectivity index (χ1n) is 4.27. The quantitative estimate of drug-likeness (QED) is 0.754. The highest BCUT2D eigenvalue weighted by Crippen LogP contribution is 2.18. The SMILES string of the molecule is CS(=O)(=O)NCCNc1ccncc1Cl. The first-order chi connectivity index (χ1) is 6.99. The fourth-order valence-corrected chi connectivity index (χ4v) is 1.61. The van der Waals surface area contributed by atoms with Crippen LogP contribution in [0.25, 0.3) is 0 Å². The van der Waals surface area contributed by atoms with Crippen molar-refractivity contribution in [1.82, 2.24) is 9.71 Å². The van der Waals surface area contributed by atoms with E-state index >= 15 is 0 Å². The molecule has 0 saturated carbocycles. The lowest BCUT2D eigenvalue weighted by molar-refractivity contribution is 0.589. The maximum absolute atomic E-state index is 10.7. The van der Waals surface area contributed by atoms with Crippen LogP contribution in [0.2, 0.25) is 5.02 Å². The van der Waals surface area contributed by atoms with E-state index < -0.39 is 10.0 Å². The lowest BCUT2D eigenvalue weighted by atomic mass is 10.4. The van der Waals surface area contributed by atoms with Gasteiger partial charge in [-0.05, 0) is 6.07 Å². The smallest absolute Gasteiger partial charge is 0.208 e. The fourth-order valence-electron chi connectivity index (χ4n) is 0.952. The lowest BCUT2D eigenvalue weighted by Gasteiger charge is -2.07. The number of anilines is 1. The van der Waals surface area contributed by atoms with Crippen LogP contribution in [0.5, 0.6) is 0 Å². The van der Waals surface area contributed by atoms with E-state index in [4.69, 9.17) is 11.6 Å². The Kier molecular flexibility index (Phi) is 4.31. The van der Waals surface area contributed by atoms with Crippen LogP contribution in [0.3, 0.4) is 0 Å². The molecule has 0 amide bonds. The van der Waals surface area contributed by atoms with Gasteiger partial charge in [0.15, 0.2) is 0 Å². The van der Waals surface area contributed by atoms with Crippen molar-refractivity contribution in [1.29, 1.82) is 0 Å². The number of pyridine rings is 1. The minimum Gasteiger partial charge on any atom is -0.382 e. The first kappa shape index (κ1) is 12.2. The molecule has 0 spiro atoms. The molecule has 84 valence electrons. The molecule has 1 aromatic rings. The maximum Gasteiger partial charge on any atom is 0.208 e. The van der Waals surface area contributed by atoms with Gasteiger partial charge in [0.2, 0.25) is 10.0 Å². The summed E-state index contributed by atoms with van der Waals surface area (Å²) in [6, 6.07) is 1.72. The van der Waals surface area contributed by atoms with Gasteiger partial charge in [0.05, 0.1) is 17.0 Å². The zero-order valence-corrected chi connectivity index (χ0v) is 9.77. The highest BCUT2D eigenvalue weighted by atomic mass is 35.5. The number of hydrogen-bond donors (Lipinski definition) is 2. The summed E-state index contributed by atoms with van der Waals surface area (Å²) in [5.41, 5.74) is 0.738. The number of nitrogens with zero attached hydrogens (tertiary/aromatic N) is 1. The summed E-state index contributed by atoms with van der Waals surface area (Å²) in [4.78, 5) is 3.83.